The molecule has 1 N–H and O–H groups in total. The lowest BCUT2D eigenvalue weighted by Crippen LogP contribution is -2.38. The van der Waals surface area contributed by atoms with Gasteiger partial charge in [-0.15, -0.1) is 11.3 Å². The maximum absolute atomic E-state index is 13.1. The molecule has 1 saturated heterocycles. The highest BCUT2D eigenvalue weighted by molar-refractivity contribution is 7.09. The van der Waals surface area contributed by atoms with E-state index in [1.165, 1.54) is 10.5 Å². The third-order valence-corrected chi connectivity index (χ3v) is 6.16. The molecule has 1 fully saturated rings. The highest BCUT2D eigenvalue weighted by Gasteiger charge is 2.19. The van der Waals surface area contributed by atoms with Gasteiger partial charge >= 0.3 is 5.97 Å². The molecule has 0 amide bonds. The van der Waals surface area contributed by atoms with Gasteiger partial charge < -0.3 is 14.7 Å². The van der Waals surface area contributed by atoms with Gasteiger partial charge in [-0.2, -0.15) is 0 Å². The summed E-state index contributed by atoms with van der Waals surface area (Å²) in [7, 11) is 0. The number of aromatic nitrogens is 3. The molecule has 0 radical (unpaired) electrons. The monoisotopic (exact) mass is 440 g/mol. The number of hydrogen-bond acceptors (Lipinski definition) is 7. The first-order chi connectivity index (χ1) is 15.0. The van der Waals surface area contributed by atoms with E-state index in [-0.39, 0.29) is 11.1 Å². The standard InChI is InChI=1S/C22H24N4O4S/c1-2-16-14-31-19(23-16)5-3-15-7-8-26-18(13-15)24-21(25-9-11-30-12-10-25)17(22(26)29)4-6-20(27)28/h4,6-8,13-14H,2-3,5,9-12H2,1H3,(H,27,28). The van der Waals surface area contributed by atoms with Crippen LogP contribution in [0.4, 0.5) is 5.82 Å². The van der Waals surface area contributed by atoms with Gasteiger partial charge in [-0.3, -0.25) is 9.20 Å². The van der Waals surface area contributed by atoms with Crippen LogP contribution in [0.25, 0.3) is 11.7 Å². The summed E-state index contributed by atoms with van der Waals surface area (Å²) in [6, 6.07) is 3.83. The molecule has 0 spiro atoms. The van der Waals surface area contributed by atoms with E-state index in [0.29, 0.717) is 37.8 Å². The van der Waals surface area contributed by atoms with Crippen molar-refractivity contribution in [2.45, 2.75) is 26.2 Å². The molecule has 0 unspecified atom stereocenters. The summed E-state index contributed by atoms with van der Waals surface area (Å²) < 4.78 is 6.88. The van der Waals surface area contributed by atoms with Crippen LogP contribution in [-0.4, -0.2) is 51.7 Å². The summed E-state index contributed by atoms with van der Waals surface area (Å²) in [5, 5.41) is 12.2. The second kappa shape index (κ2) is 9.40. The van der Waals surface area contributed by atoms with Crippen LogP contribution >= 0.6 is 11.3 Å². The molecule has 0 atom stereocenters. The molecule has 4 heterocycles. The topological polar surface area (TPSA) is 97.0 Å². The predicted molar refractivity (Wildman–Crippen MR) is 120 cm³/mol. The Morgan fingerprint density at radius 3 is 2.81 bits per heavy atom. The fraction of sp³-hybridized carbons (Fsp3) is 0.364. The largest absolute Gasteiger partial charge is 0.478 e. The van der Waals surface area contributed by atoms with Gasteiger partial charge in [0.05, 0.1) is 29.5 Å². The van der Waals surface area contributed by atoms with E-state index >= 15 is 0 Å². The molecule has 9 heteroatoms. The molecular formula is C22H24N4O4S. The van der Waals surface area contributed by atoms with Crippen molar-refractivity contribution in [3.8, 4) is 0 Å². The number of aliphatic carboxylic acids is 1. The molecular weight excluding hydrogens is 416 g/mol. The van der Waals surface area contributed by atoms with Crippen molar-refractivity contribution < 1.29 is 14.6 Å². The Morgan fingerprint density at radius 1 is 1.29 bits per heavy atom. The zero-order valence-corrected chi connectivity index (χ0v) is 18.1. The molecule has 0 saturated carbocycles. The summed E-state index contributed by atoms with van der Waals surface area (Å²) in [5.41, 5.74) is 2.71. The zero-order chi connectivity index (χ0) is 21.8. The lowest BCUT2D eigenvalue weighted by atomic mass is 10.1. The van der Waals surface area contributed by atoms with Gasteiger partial charge in [0, 0.05) is 37.2 Å². The molecule has 1 aliphatic rings. The Morgan fingerprint density at radius 2 is 2.10 bits per heavy atom. The van der Waals surface area contributed by atoms with E-state index in [0.717, 1.165) is 41.6 Å². The third kappa shape index (κ3) is 4.83. The first kappa shape index (κ1) is 21.2. The number of hydrogen-bond donors (Lipinski definition) is 1. The lowest BCUT2D eigenvalue weighted by molar-refractivity contribution is -0.131. The van der Waals surface area contributed by atoms with Crippen molar-refractivity contribution in [2.75, 3.05) is 31.2 Å². The highest BCUT2D eigenvalue weighted by Crippen LogP contribution is 2.20. The van der Waals surface area contributed by atoms with E-state index < -0.39 is 5.97 Å². The van der Waals surface area contributed by atoms with E-state index in [9.17, 15) is 9.59 Å². The van der Waals surface area contributed by atoms with Crippen molar-refractivity contribution in [3.05, 3.63) is 62.0 Å². The molecule has 1 aliphatic heterocycles. The Bertz CT molecular complexity index is 1180. The Balaban J connectivity index is 1.69. The second-order valence-electron chi connectivity index (χ2n) is 7.27. The summed E-state index contributed by atoms with van der Waals surface area (Å²) in [6.45, 7) is 4.37. The second-order valence-corrected chi connectivity index (χ2v) is 8.22. The van der Waals surface area contributed by atoms with E-state index in [1.807, 2.05) is 17.0 Å². The molecule has 3 aromatic heterocycles. The summed E-state index contributed by atoms with van der Waals surface area (Å²) >= 11 is 1.67. The van der Waals surface area contributed by atoms with Crippen LogP contribution in [0.5, 0.6) is 0 Å². The van der Waals surface area contributed by atoms with Gasteiger partial charge in [0.15, 0.2) is 0 Å². The maximum Gasteiger partial charge on any atom is 0.328 e. The van der Waals surface area contributed by atoms with E-state index in [1.54, 1.807) is 17.5 Å². The Labute approximate surface area is 183 Å². The number of pyridine rings is 1. The minimum atomic E-state index is -1.11. The van der Waals surface area contributed by atoms with Crippen LogP contribution in [-0.2, 0) is 28.8 Å². The van der Waals surface area contributed by atoms with Crippen molar-refractivity contribution in [3.63, 3.8) is 0 Å². The van der Waals surface area contributed by atoms with Crippen molar-refractivity contribution in [1.82, 2.24) is 14.4 Å². The number of aryl methyl sites for hydroxylation is 3. The van der Waals surface area contributed by atoms with Gasteiger partial charge in [-0.1, -0.05) is 6.92 Å². The minimum Gasteiger partial charge on any atom is -0.478 e. The van der Waals surface area contributed by atoms with Gasteiger partial charge in [0.25, 0.3) is 5.56 Å². The van der Waals surface area contributed by atoms with Gasteiger partial charge in [0.2, 0.25) is 0 Å². The number of fused-ring (bicyclic) bond motifs is 1. The first-order valence-electron chi connectivity index (χ1n) is 10.3. The average molecular weight is 441 g/mol. The average Bonchev–Trinajstić information content (AvgIpc) is 3.25. The summed E-state index contributed by atoms with van der Waals surface area (Å²) in [4.78, 5) is 35.5. The van der Waals surface area contributed by atoms with Crippen molar-refractivity contribution in [1.29, 1.82) is 0 Å². The number of anilines is 1. The van der Waals surface area contributed by atoms with Crippen molar-refractivity contribution >= 4 is 34.8 Å². The SMILES string of the molecule is CCc1csc(CCc2ccn3c(=O)c(C=CC(=O)O)c(N4CCOCC4)nc3c2)n1. The number of carbonyl (C=O) groups is 1. The fourth-order valence-electron chi connectivity index (χ4n) is 3.53. The molecule has 0 bridgehead atoms. The number of ether oxygens (including phenoxy) is 1. The zero-order valence-electron chi connectivity index (χ0n) is 17.3. The third-order valence-electron chi connectivity index (χ3n) is 5.20. The van der Waals surface area contributed by atoms with Gasteiger partial charge in [0.1, 0.15) is 11.5 Å². The number of nitrogens with zero attached hydrogens (tertiary/aromatic N) is 4. The van der Waals surface area contributed by atoms with Gasteiger partial charge in [-0.25, -0.2) is 14.8 Å². The van der Waals surface area contributed by atoms with Crippen LogP contribution in [0.2, 0.25) is 0 Å². The van der Waals surface area contributed by atoms with Gasteiger partial charge in [-0.05, 0) is 36.6 Å². The summed E-state index contributed by atoms with van der Waals surface area (Å²) in [6.07, 6.45) is 6.58. The number of carboxylic acids is 1. The Kier molecular flexibility index (Phi) is 6.43. The number of carboxylic acid groups (broad SMARTS) is 1. The van der Waals surface area contributed by atoms with E-state index in [4.69, 9.17) is 14.8 Å². The molecule has 0 aliphatic carbocycles. The highest BCUT2D eigenvalue weighted by atomic mass is 32.1. The first-order valence-corrected chi connectivity index (χ1v) is 11.2. The van der Waals surface area contributed by atoms with Crippen LogP contribution in [0.15, 0.2) is 34.6 Å². The molecule has 31 heavy (non-hydrogen) atoms. The quantitative estimate of drug-likeness (QED) is 0.564. The maximum atomic E-state index is 13.1. The molecule has 4 rings (SSSR count). The minimum absolute atomic E-state index is 0.268. The predicted octanol–water partition coefficient (Wildman–Crippen LogP) is 2.43. The van der Waals surface area contributed by atoms with Crippen molar-refractivity contribution in [2.24, 2.45) is 0 Å². The lowest BCUT2D eigenvalue weighted by Gasteiger charge is -2.29. The van der Waals surface area contributed by atoms with Crippen LogP contribution in [0, 0.1) is 0 Å². The molecule has 8 nitrogen and oxygen atoms in total. The van der Waals surface area contributed by atoms with E-state index in [2.05, 4.69) is 17.3 Å². The fourth-order valence-corrected chi connectivity index (χ4v) is 4.41. The van der Waals surface area contributed by atoms with Crippen LogP contribution in [0.1, 0.15) is 28.8 Å². The number of thiazole rings is 1. The Hall–Kier alpha value is -3.04. The molecule has 3 aromatic rings. The smallest absolute Gasteiger partial charge is 0.328 e. The summed E-state index contributed by atoms with van der Waals surface area (Å²) in [5.74, 6) is -0.614. The molecule has 162 valence electrons. The number of rotatable bonds is 7. The van der Waals surface area contributed by atoms with Crippen LogP contribution in [0.3, 0.4) is 0 Å². The molecule has 0 aromatic carbocycles. The van der Waals surface area contributed by atoms with Crippen LogP contribution < -0.4 is 10.5 Å². The number of morpholine rings is 1. The normalized spacial score (nSPS) is 14.5.